The maximum Gasteiger partial charge on any atom is 0.0220 e. The van der Waals surface area contributed by atoms with Crippen LogP contribution in [-0.4, -0.2) is 55.1 Å². The number of nitrogens with two attached hydrogens (primary N) is 1. The maximum atomic E-state index is 5.65. The van der Waals surface area contributed by atoms with Crippen molar-refractivity contribution in [2.24, 2.45) is 5.73 Å². The molecular weight excluding hydrogens is 186 g/mol. The zero-order chi connectivity index (χ0) is 11.3. The van der Waals surface area contributed by atoms with Crippen molar-refractivity contribution < 1.29 is 0 Å². The molecule has 3 nitrogen and oxygen atoms in total. The van der Waals surface area contributed by atoms with E-state index in [0.29, 0.717) is 6.04 Å². The van der Waals surface area contributed by atoms with E-state index in [1.165, 1.54) is 32.4 Å². The summed E-state index contributed by atoms with van der Waals surface area (Å²) >= 11 is 0. The third-order valence-electron chi connectivity index (χ3n) is 3.51. The number of rotatable bonds is 5. The Labute approximate surface area is 94.6 Å². The Kier molecular flexibility index (Phi) is 5.58. The summed E-state index contributed by atoms with van der Waals surface area (Å²) in [4.78, 5) is 5.02. The highest BCUT2D eigenvalue weighted by Crippen LogP contribution is 2.16. The Morgan fingerprint density at radius 1 is 1.40 bits per heavy atom. The topological polar surface area (TPSA) is 32.5 Å². The van der Waals surface area contributed by atoms with E-state index in [1.807, 2.05) is 0 Å². The molecule has 0 saturated carbocycles. The zero-order valence-electron chi connectivity index (χ0n) is 10.6. The van der Waals surface area contributed by atoms with Crippen LogP contribution in [0.25, 0.3) is 0 Å². The van der Waals surface area contributed by atoms with Crippen LogP contribution in [0, 0.1) is 0 Å². The first kappa shape index (κ1) is 12.9. The van der Waals surface area contributed by atoms with Gasteiger partial charge in [-0.3, -0.25) is 4.90 Å². The number of likely N-dealkylation sites (N-methyl/N-ethyl adjacent to an activating group) is 1. The first-order valence-electron chi connectivity index (χ1n) is 6.29. The lowest BCUT2D eigenvalue weighted by Gasteiger charge is -2.37. The van der Waals surface area contributed by atoms with Gasteiger partial charge in [0.05, 0.1) is 0 Å². The molecule has 2 N–H and O–H groups in total. The summed E-state index contributed by atoms with van der Waals surface area (Å²) in [6.45, 7) is 8.78. The molecule has 0 amide bonds. The molecule has 1 rings (SSSR count). The van der Waals surface area contributed by atoms with Gasteiger partial charge in [0, 0.05) is 31.7 Å². The van der Waals surface area contributed by atoms with Crippen LogP contribution in [0.3, 0.4) is 0 Å². The number of hydrogen-bond donors (Lipinski definition) is 1. The molecule has 0 unspecified atom stereocenters. The SMILES string of the molecule is CC(C)N(CCN)C[C@@H]1CCCCN1C. The molecule has 0 radical (unpaired) electrons. The second kappa shape index (κ2) is 6.46. The molecule has 1 fully saturated rings. The minimum Gasteiger partial charge on any atom is -0.329 e. The molecule has 1 aliphatic heterocycles. The van der Waals surface area contributed by atoms with Gasteiger partial charge in [-0.1, -0.05) is 6.42 Å². The van der Waals surface area contributed by atoms with E-state index in [-0.39, 0.29) is 0 Å². The summed E-state index contributed by atoms with van der Waals surface area (Å²) in [6, 6.07) is 1.36. The lowest BCUT2D eigenvalue weighted by atomic mass is 10.0. The molecule has 1 atom stereocenters. The van der Waals surface area contributed by atoms with Crippen LogP contribution in [0.5, 0.6) is 0 Å². The summed E-state index contributed by atoms with van der Waals surface area (Å²) in [6.07, 6.45) is 4.11. The van der Waals surface area contributed by atoms with Crippen molar-refractivity contribution >= 4 is 0 Å². The normalized spacial score (nSPS) is 24.0. The zero-order valence-corrected chi connectivity index (χ0v) is 10.6. The Morgan fingerprint density at radius 3 is 2.67 bits per heavy atom. The predicted molar refractivity (Wildman–Crippen MR) is 66.0 cm³/mol. The average molecular weight is 213 g/mol. The van der Waals surface area contributed by atoms with Gasteiger partial charge in [0.2, 0.25) is 0 Å². The summed E-state index contributed by atoms with van der Waals surface area (Å²) in [5, 5.41) is 0. The van der Waals surface area contributed by atoms with E-state index in [0.717, 1.165) is 19.1 Å². The third-order valence-corrected chi connectivity index (χ3v) is 3.51. The van der Waals surface area contributed by atoms with Crippen LogP contribution >= 0.6 is 0 Å². The standard InChI is InChI=1S/C12H27N3/c1-11(2)15(9-7-13)10-12-6-4-5-8-14(12)3/h11-12H,4-10,13H2,1-3H3/t12-/m0/s1. The van der Waals surface area contributed by atoms with Crippen LogP contribution in [0.15, 0.2) is 0 Å². The lowest BCUT2D eigenvalue weighted by Crippen LogP contribution is -2.48. The molecule has 1 saturated heterocycles. The van der Waals surface area contributed by atoms with Gasteiger partial charge in [0.1, 0.15) is 0 Å². The van der Waals surface area contributed by atoms with Crippen molar-refractivity contribution in [1.82, 2.24) is 9.80 Å². The van der Waals surface area contributed by atoms with Crippen molar-refractivity contribution in [2.75, 3.05) is 33.2 Å². The van der Waals surface area contributed by atoms with Crippen LogP contribution < -0.4 is 5.73 Å². The predicted octanol–water partition coefficient (Wildman–Crippen LogP) is 1.14. The maximum absolute atomic E-state index is 5.65. The minimum absolute atomic E-state index is 0.615. The van der Waals surface area contributed by atoms with E-state index < -0.39 is 0 Å². The molecule has 0 spiro atoms. The largest absolute Gasteiger partial charge is 0.329 e. The van der Waals surface area contributed by atoms with Gasteiger partial charge in [-0.25, -0.2) is 0 Å². The van der Waals surface area contributed by atoms with E-state index in [4.69, 9.17) is 5.73 Å². The van der Waals surface area contributed by atoms with Crippen LogP contribution in [0.1, 0.15) is 33.1 Å². The van der Waals surface area contributed by atoms with Gasteiger partial charge in [0.25, 0.3) is 0 Å². The van der Waals surface area contributed by atoms with Crippen molar-refractivity contribution in [3.63, 3.8) is 0 Å². The van der Waals surface area contributed by atoms with Crippen LogP contribution in [0.2, 0.25) is 0 Å². The minimum atomic E-state index is 0.615. The highest BCUT2D eigenvalue weighted by atomic mass is 15.2. The molecule has 15 heavy (non-hydrogen) atoms. The number of piperidine rings is 1. The first-order valence-corrected chi connectivity index (χ1v) is 6.29. The highest BCUT2D eigenvalue weighted by molar-refractivity contribution is 4.79. The van der Waals surface area contributed by atoms with Crippen molar-refractivity contribution in [2.45, 2.75) is 45.2 Å². The summed E-state index contributed by atoms with van der Waals surface area (Å²) < 4.78 is 0. The smallest absolute Gasteiger partial charge is 0.0220 e. The number of nitrogens with zero attached hydrogens (tertiary/aromatic N) is 2. The van der Waals surface area contributed by atoms with Gasteiger partial charge in [-0.15, -0.1) is 0 Å². The van der Waals surface area contributed by atoms with Gasteiger partial charge in [0.15, 0.2) is 0 Å². The number of likely N-dealkylation sites (tertiary alicyclic amines) is 1. The quantitative estimate of drug-likeness (QED) is 0.743. The van der Waals surface area contributed by atoms with Gasteiger partial charge in [-0.2, -0.15) is 0 Å². The van der Waals surface area contributed by atoms with E-state index in [1.54, 1.807) is 0 Å². The second-order valence-electron chi connectivity index (χ2n) is 5.01. The number of hydrogen-bond acceptors (Lipinski definition) is 3. The monoisotopic (exact) mass is 213 g/mol. The molecular formula is C12H27N3. The Bertz CT molecular complexity index is 168. The van der Waals surface area contributed by atoms with Crippen molar-refractivity contribution in [3.8, 4) is 0 Å². The fraction of sp³-hybridized carbons (Fsp3) is 1.00. The molecule has 0 aromatic carbocycles. The van der Waals surface area contributed by atoms with Gasteiger partial charge < -0.3 is 10.6 Å². The first-order chi connectivity index (χ1) is 7.15. The molecule has 1 aliphatic rings. The summed E-state index contributed by atoms with van der Waals surface area (Å²) in [5.74, 6) is 0. The molecule has 0 aromatic heterocycles. The summed E-state index contributed by atoms with van der Waals surface area (Å²) in [7, 11) is 2.25. The van der Waals surface area contributed by atoms with Crippen LogP contribution in [0.4, 0.5) is 0 Å². The molecule has 0 aromatic rings. The third kappa shape index (κ3) is 4.09. The fourth-order valence-electron chi connectivity index (χ4n) is 2.37. The van der Waals surface area contributed by atoms with E-state index in [9.17, 15) is 0 Å². The van der Waals surface area contributed by atoms with Gasteiger partial charge in [-0.05, 0) is 40.3 Å². The fourth-order valence-corrected chi connectivity index (χ4v) is 2.37. The highest BCUT2D eigenvalue weighted by Gasteiger charge is 2.22. The van der Waals surface area contributed by atoms with Crippen molar-refractivity contribution in [1.29, 1.82) is 0 Å². The van der Waals surface area contributed by atoms with E-state index >= 15 is 0 Å². The molecule has 0 bridgehead atoms. The molecule has 0 aliphatic carbocycles. The molecule has 1 heterocycles. The van der Waals surface area contributed by atoms with Crippen molar-refractivity contribution in [3.05, 3.63) is 0 Å². The Hall–Kier alpha value is -0.120. The summed E-state index contributed by atoms with van der Waals surface area (Å²) in [5.41, 5.74) is 5.65. The van der Waals surface area contributed by atoms with E-state index in [2.05, 4.69) is 30.7 Å². The lowest BCUT2D eigenvalue weighted by molar-refractivity contribution is 0.113. The average Bonchev–Trinajstić information content (AvgIpc) is 2.20. The Morgan fingerprint density at radius 2 is 2.13 bits per heavy atom. The molecule has 3 heteroatoms. The van der Waals surface area contributed by atoms with Gasteiger partial charge >= 0.3 is 0 Å². The Balaban J connectivity index is 2.41. The molecule has 90 valence electrons. The van der Waals surface area contributed by atoms with Crippen LogP contribution in [-0.2, 0) is 0 Å². The second-order valence-corrected chi connectivity index (χ2v) is 5.01.